The number of hydrogen-bond donors (Lipinski definition) is 1. The van der Waals surface area contributed by atoms with Gasteiger partial charge in [-0.25, -0.2) is 0 Å². The number of hydrogen-bond acceptors (Lipinski definition) is 2. The van der Waals surface area contributed by atoms with E-state index in [1.54, 1.807) is 7.11 Å². The average Bonchev–Trinajstić information content (AvgIpc) is 2.03. The minimum Gasteiger partial charge on any atom is -0.496 e. The van der Waals surface area contributed by atoms with Gasteiger partial charge < -0.3 is 10.1 Å². The molecule has 0 spiro atoms. The molecule has 13 heavy (non-hydrogen) atoms. The van der Waals surface area contributed by atoms with E-state index >= 15 is 0 Å². The minimum atomic E-state index is -0.0685. The third-order valence-corrected chi connectivity index (χ3v) is 2.32. The first kappa shape index (κ1) is 10.3. The van der Waals surface area contributed by atoms with E-state index in [1.807, 2.05) is 18.2 Å². The Morgan fingerprint density at radius 1 is 1.54 bits per heavy atom. The number of carbonyl (C=O) groups excluding carboxylic acids is 1. The number of rotatable bonds is 2. The lowest BCUT2D eigenvalue weighted by Crippen LogP contribution is -2.05. The molecular formula is C9H10INO2. The summed E-state index contributed by atoms with van der Waals surface area (Å²) in [6.45, 7) is 1.48. The van der Waals surface area contributed by atoms with Gasteiger partial charge in [-0.05, 0) is 40.8 Å². The molecule has 70 valence electrons. The summed E-state index contributed by atoms with van der Waals surface area (Å²) in [5, 5.41) is 2.70. The molecule has 0 saturated heterocycles. The molecule has 1 amide bonds. The summed E-state index contributed by atoms with van der Waals surface area (Å²) in [7, 11) is 1.62. The summed E-state index contributed by atoms with van der Waals surface area (Å²) in [6, 6.07) is 5.50. The highest BCUT2D eigenvalue weighted by Gasteiger charge is 2.01. The molecule has 0 unspecified atom stereocenters. The zero-order valence-electron chi connectivity index (χ0n) is 7.43. The Balaban J connectivity index is 2.89. The predicted molar refractivity (Wildman–Crippen MR) is 60.0 cm³/mol. The van der Waals surface area contributed by atoms with Crippen molar-refractivity contribution >= 4 is 34.2 Å². The molecule has 0 saturated carbocycles. The van der Waals surface area contributed by atoms with Gasteiger partial charge in [0.25, 0.3) is 0 Å². The molecule has 0 aromatic heterocycles. The quantitative estimate of drug-likeness (QED) is 0.849. The van der Waals surface area contributed by atoms with Crippen LogP contribution in [0.1, 0.15) is 6.92 Å². The van der Waals surface area contributed by atoms with Gasteiger partial charge in [0.1, 0.15) is 5.75 Å². The third kappa shape index (κ3) is 2.87. The standard InChI is InChI=1S/C9H10INO2/c1-6(12)11-7-3-4-9(13-2)8(10)5-7/h3-5H,1-2H3,(H,11,12). The van der Waals surface area contributed by atoms with Crippen LogP contribution in [0, 0.1) is 3.57 Å². The van der Waals surface area contributed by atoms with Crippen molar-refractivity contribution in [3.8, 4) is 5.75 Å². The normalized spacial score (nSPS) is 9.46. The van der Waals surface area contributed by atoms with Crippen molar-refractivity contribution in [2.24, 2.45) is 0 Å². The number of methoxy groups -OCH3 is 1. The van der Waals surface area contributed by atoms with Gasteiger partial charge in [-0.15, -0.1) is 0 Å². The van der Waals surface area contributed by atoms with E-state index in [9.17, 15) is 4.79 Å². The van der Waals surface area contributed by atoms with Crippen LogP contribution >= 0.6 is 22.6 Å². The van der Waals surface area contributed by atoms with Crippen molar-refractivity contribution in [2.75, 3.05) is 12.4 Å². The number of benzene rings is 1. The number of halogens is 1. The molecule has 0 fully saturated rings. The number of anilines is 1. The third-order valence-electron chi connectivity index (χ3n) is 1.47. The lowest BCUT2D eigenvalue weighted by Gasteiger charge is -2.06. The van der Waals surface area contributed by atoms with Crippen molar-refractivity contribution in [1.29, 1.82) is 0 Å². The zero-order chi connectivity index (χ0) is 9.84. The zero-order valence-corrected chi connectivity index (χ0v) is 9.58. The van der Waals surface area contributed by atoms with Gasteiger partial charge >= 0.3 is 0 Å². The fraction of sp³-hybridized carbons (Fsp3) is 0.222. The number of amides is 1. The second-order valence-corrected chi connectivity index (χ2v) is 3.69. The summed E-state index contributed by atoms with van der Waals surface area (Å²) in [6.07, 6.45) is 0. The van der Waals surface area contributed by atoms with Crippen LogP contribution in [-0.2, 0) is 4.79 Å². The van der Waals surface area contributed by atoms with E-state index in [2.05, 4.69) is 27.9 Å². The van der Waals surface area contributed by atoms with Crippen LogP contribution in [-0.4, -0.2) is 13.0 Å². The summed E-state index contributed by atoms with van der Waals surface area (Å²) >= 11 is 2.16. The number of carbonyl (C=O) groups is 1. The van der Waals surface area contributed by atoms with Crippen LogP contribution in [0.15, 0.2) is 18.2 Å². The van der Waals surface area contributed by atoms with E-state index in [1.165, 1.54) is 6.92 Å². The molecule has 0 aliphatic carbocycles. The molecule has 1 aromatic carbocycles. The largest absolute Gasteiger partial charge is 0.496 e. The van der Waals surface area contributed by atoms with Crippen LogP contribution in [0.3, 0.4) is 0 Å². The molecule has 1 N–H and O–H groups in total. The van der Waals surface area contributed by atoms with Crippen molar-refractivity contribution in [3.63, 3.8) is 0 Å². The molecule has 0 bridgehead atoms. The Morgan fingerprint density at radius 2 is 2.23 bits per heavy atom. The lowest BCUT2D eigenvalue weighted by atomic mass is 10.3. The second-order valence-electron chi connectivity index (χ2n) is 2.53. The van der Waals surface area contributed by atoms with Gasteiger partial charge in [0.2, 0.25) is 5.91 Å². The summed E-state index contributed by atoms with van der Waals surface area (Å²) in [5.41, 5.74) is 0.790. The number of nitrogens with one attached hydrogen (secondary N) is 1. The molecule has 0 aliphatic rings. The molecule has 4 heteroatoms. The van der Waals surface area contributed by atoms with E-state index in [-0.39, 0.29) is 5.91 Å². The van der Waals surface area contributed by atoms with Gasteiger partial charge in [-0.1, -0.05) is 0 Å². The van der Waals surface area contributed by atoms with E-state index in [0.29, 0.717) is 0 Å². The maximum Gasteiger partial charge on any atom is 0.221 e. The van der Waals surface area contributed by atoms with Gasteiger partial charge in [0.05, 0.1) is 10.7 Å². The average molecular weight is 291 g/mol. The molecule has 1 rings (SSSR count). The Hall–Kier alpha value is -0.780. The highest BCUT2D eigenvalue weighted by atomic mass is 127. The first-order valence-corrected chi connectivity index (χ1v) is 4.82. The Morgan fingerprint density at radius 3 is 2.69 bits per heavy atom. The lowest BCUT2D eigenvalue weighted by molar-refractivity contribution is -0.114. The Bertz CT molecular complexity index is 325. The van der Waals surface area contributed by atoms with Crippen molar-refractivity contribution in [1.82, 2.24) is 0 Å². The first-order valence-electron chi connectivity index (χ1n) is 3.74. The molecule has 0 atom stereocenters. The van der Waals surface area contributed by atoms with Gasteiger partial charge in [-0.2, -0.15) is 0 Å². The van der Waals surface area contributed by atoms with Crippen LogP contribution in [0.2, 0.25) is 0 Å². The van der Waals surface area contributed by atoms with E-state index in [4.69, 9.17) is 4.74 Å². The van der Waals surface area contributed by atoms with Crippen LogP contribution < -0.4 is 10.1 Å². The smallest absolute Gasteiger partial charge is 0.221 e. The molecule has 0 aliphatic heterocycles. The van der Waals surface area contributed by atoms with E-state index < -0.39 is 0 Å². The minimum absolute atomic E-state index is 0.0685. The van der Waals surface area contributed by atoms with Crippen LogP contribution in [0.25, 0.3) is 0 Å². The van der Waals surface area contributed by atoms with Crippen molar-refractivity contribution in [2.45, 2.75) is 6.92 Å². The fourth-order valence-electron chi connectivity index (χ4n) is 0.947. The fourth-order valence-corrected chi connectivity index (χ4v) is 1.68. The van der Waals surface area contributed by atoms with Crippen molar-refractivity contribution in [3.05, 3.63) is 21.8 Å². The topological polar surface area (TPSA) is 38.3 Å². The maximum absolute atomic E-state index is 10.7. The van der Waals surface area contributed by atoms with E-state index in [0.717, 1.165) is 15.0 Å². The van der Waals surface area contributed by atoms with Crippen LogP contribution in [0.5, 0.6) is 5.75 Å². The van der Waals surface area contributed by atoms with Gasteiger partial charge in [-0.3, -0.25) is 4.79 Å². The van der Waals surface area contributed by atoms with Crippen LogP contribution in [0.4, 0.5) is 5.69 Å². The monoisotopic (exact) mass is 291 g/mol. The second kappa shape index (κ2) is 4.45. The molecule has 3 nitrogen and oxygen atoms in total. The Labute approximate surface area is 90.6 Å². The highest BCUT2D eigenvalue weighted by Crippen LogP contribution is 2.23. The molecule has 0 radical (unpaired) electrons. The first-order chi connectivity index (χ1) is 6.13. The SMILES string of the molecule is COc1ccc(NC(C)=O)cc1I. The summed E-state index contributed by atoms with van der Waals surface area (Å²) < 4.78 is 6.06. The summed E-state index contributed by atoms with van der Waals surface area (Å²) in [5.74, 6) is 0.746. The number of ether oxygens (including phenoxy) is 1. The highest BCUT2D eigenvalue weighted by molar-refractivity contribution is 14.1. The Kier molecular flexibility index (Phi) is 3.53. The van der Waals surface area contributed by atoms with Gasteiger partial charge in [0, 0.05) is 12.6 Å². The predicted octanol–water partition coefficient (Wildman–Crippen LogP) is 2.26. The maximum atomic E-state index is 10.7. The van der Waals surface area contributed by atoms with Crippen molar-refractivity contribution < 1.29 is 9.53 Å². The summed E-state index contributed by atoms with van der Waals surface area (Å²) in [4.78, 5) is 10.7. The molecule has 0 heterocycles. The molecular weight excluding hydrogens is 281 g/mol. The molecule has 1 aromatic rings. The van der Waals surface area contributed by atoms with Gasteiger partial charge in [0.15, 0.2) is 0 Å².